The molecule has 1 rings (SSSR count). The van der Waals surface area contributed by atoms with E-state index >= 15 is 0 Å². The maximum Gasteiger partial charge on any atom is 0.329 e. The Labute approximate surface area is 88.4 Å². The van der Waals surface area contributed by atoms with Crippen molar-refractivity contribution in [2.75, 3.05) is 37.7 Å². The van der Waals surface area contributed by atoms with Gasteiger partial charge in [0.2, 0.25) is 0 Å². The Morgan fingerprint density at radius 2 is 2.21 bits per heavy atom. The van der Waals surface area contributed by atoms with Crippen LogP contribution in [0.4, 0.5) is 0 Å². The molecule has 0 unspecified atom stereocenters. The van der Waals surface area contributed by atoms with E-state index in [0.717, 1.165) is 32.3 Å². The van der Waals surface area contributed by atoms with E-state index < -0.39 is 5.97 Å². The lowest BCUT2D eigenvalue weighted by Crippen LogP contribution is -2.36. The lowest BCUT2D eigenvalue weighted by atomic mass is 10.4. The summed E-state index contributed by atoms with van der Waals surface area (Å²) in [7, 11) is 0. The van der Waals surface area contributed by atoms with Gasteiger partial charge in [0.15, 0.2) is 0 Å². The van der Waals surface area contributed by atoms with Crippen LogP contribution in [-0.2, 0) is 4.79 Å². The van der Waals surface area contributed by atoms with Crippen molar-refractivity contribution in [3.8, 4) is 0 Å². The summed E-state index contributed by atoms with van der Waals surface area (Å²) in [6, 6.07) is 0. The van der Waals surface area contributed by atoms with Crippen LogP contribution in [0.2, 0.25) is 0 Å². The van der Waals surface area contributed by atoms with Crippen LogP contribution in [0, 0.1) is 0 Å². The number of hydrogen-bond acceptors (Lipinski definition) is 4. The molecule has 0 spiro atoms. The minimum Gasteiger partial charge on any atom is -0.478 e. The normalized spacial score (nSPS) is 18.6. The van der Waals surface area contributed by atoms with Gasteiger partial charge in [-0.05, 0) is 0 Å². The Bertz CT molecular complexity index is 203. The first kappa shape index (κ1) is 11.4. The van der Waals surface area contributed by atoms with Crippen LogP contribution in [0.25, 0.3) is 0 Å². The van der Waals surface area contributed by atoms with E-state index in [-0.39, 0.29) is 0 Å². The molecule has 0 amide bonds. The SMILES string of the molecule is O=C(O)/C=C/NCCN1CCSCC1. The summed E-state index contributed by atoms with van der Waals surface area (Å²) in [5.41, 5.74) is 0. The maximum atomic E-state index is 10.1. The molecule has 0 aromatic carbocycles. The Morgan fingerprint density at radius 3 is 2.86 bits per heavy atom. The van der Waals surface area contributed by atoms with Crippen molar-refractivity contribution in [3.63, 3.8) is 0 Å². The molecule has 0 bridgehead atoms. The number of carbonyl (C=O) groups is 1. The maximum absolute atomic E-state index is 10.1. The highest BCUT2D eigenvalue weighted by Gasteiger charge is 2.08. The molecule has 0 radical (unpaired) electrons. The molecule has 0 aliphatic carbocycles. The second kappa shape index (κ2) is 6.73. The fraction of sp³-hybridized carbons (Fsp3) is 0.667. The fourth-order valence-electron chi connectivity index (χ4n) is 1.26. The molecule has 80 valence electrons. The highest BCUT2D eigenvalue weighted by molar-refractivity contribution is 7.99. The number of hydrogen-bond donors (Lipinski definition) is 2. The third-order valence-corrected chi connectivity index (χ3v) is 2.96. The average molecular weight is 216 g/mol. The highest BCUT2D eigenvalue weighted by atomic mass is 32.2. The van der Waals surface area contributed by atoms with Crippen LogP contribution in [-0.4, -0.2) is 53.7 Å². The van der Waals surface area contributed by atoms with Crippen molar-refractivity contribution in [3.05, 3.63) is 12.3 Å². The lowest BCUT2D eigenvalue weighted by Gasteiger charge is -2.25. The van der Waals surface area contributed by atoms with Gasteiger partial charge >= 0.3 is 5.97 Å². The average Bonchev–Trinajstić information content (AvgIpc) is 2.18. The summed E-state index contributed by atoms with van der Waals surface area (Å²) < 4.78 is 0. The zero-order valence-corrected chi connectivity index (χ0v) is 8.92. The second-order valence-corrected chi connectivity index (χ2v) is 4.30. The number of rotatable bonds is 5. The van der Waals surface area contributed by atoms with E-state index in [0.29, 0.717) is 0 Å². The number of aliphatic carboxylic acids is 1. The largest absolute Gasteiger partial charge is 0.478 e. The molecule has 1 fully saturated rings. The van der Waals surface area contributed by atoms with Gasteiger partial charge in [-0.1, -0.05) is 0 Å². The fourth-order valence-corrected chi connectivity index (χ4v) is 2.24. The van der Waals surface area contributed by atoms with Crippen molar-refractivity contribution < 1.29 is 9.90 Å². The van der Waals surface area contributed by atoms with Crippen LogP contribution >= 0.6 is 11.8 Å². The third kappa shape index (κ3) is 5.14. The van der Waals surface area contributed by atoms with Crippen LogP contribution < -0.4 is 5.32 Å². The van der Waals surface area contributed by atoms with Gasteiger partial charge in [0.25, 0.3) is 0 Å². The van der Waals surface area contributed by atoms with Gasteiger partial charge in [-0.2, -0.15) is 11.8 Å². The predicted molar refractivity (Wildman–Crippen MR) is 58.5 cm³/mol. The summed E-state index contributed by atoms with van der Waals surface area (Å²) in [5, 5.41) is 11.3. The van der Waals surface area contributed by atoms with Gasteiger partial charge in [0, 0.05) is 50.0 Å². The van der Waals surface area contributed by atoms with Crippen molar-refractivity contribution in [2.24, 2.45) is 0 Å². The zero-order chi connectivity index (χ0) is 10.2. The summed E-state index contributed by atoms with van der Waals surface area (Å²) in [6.07, 6.45) is 2.60. The Hall–Kier alpha value is -0.680. The lowest BCUT2D eigenvalue weighted by molar-refractivity contribution is -0.131. The van der Waals surface area contributed by atoms with Gasteiger partial charge < -0.3 is 10.4 Å². The summed E-state index contributed by atoms with van der Waals surface area (Å²) in [6.45, 7) is 4.10. The van der Waals surface area contributed by atoms with Crippen molar-refractivity contribution in [1.82, 2.24) is 10.2 Å². The third-order valence-electron chi connectivity index (χ3n) is 2.02. The van der Waals surface area contributed by atoms with Crippen molar-refractivity contribution >= 4 is 17.7 Å². The van der Waals surface area contributed by atoms with Crippen molar-refractivity contribution in [1.29, 1.82) is 0 Å². The number of carboxylic acid groups (broad SMARTS) is 1. The number of nitrogens with one attached hydrogen (secondary N) is 1. The van der Waals surface area contributed by atoms with Crippen LogP contribution in [0.5, 0.6) is 0 Å². The van der Waals surface area contributed by atoms with E-state index in [1.807, 2.05) is 11.8 Å². The number of thioether (sulfide) groups is 1. The molecule has 14 heavy (non-hydrogen) atoms. The predicted octanol–water partition coefficient (Wildman–Crippen LogP) is 0.223. The molecule has 0 saturated carbocycles. The first-order valence-corrected chi connectivity index (χ1v) is 5.87. The molecule has 1 aliphatic rings. The Morgan fingerprint density at radius 1 is 1.50 bits per heavy atom. The standard InChI is InChI=1S/C9H16N2O2S/c12-9(13)1-2-10-3-4-11-5-7-14-8-6-11/h1-2,10H,3-8H2,(H,12,13)/b2-1+. The molecule has 1 aliphatic heterocycles. The van der Waals surface area contributed by atoms with Gasteiger partial charge in [-0.15, -0.1) is 0 Å². The molecule has 1 saturated heterocycles. The quantitative estimate of drug-likeness (QED) is 0.509. The molecule has 1 heterocycles. The molecule has 0 aromatic heterocycles. The number of nitrogens with zero attached hydrogens (tertiary/aromatic N) is 1. The van der Waals surface area contributed by atoms with Gasteiger partial charge in [-0.3, -0.25) is 4.90 Å². The Balaban J connectivity index is 2.00. The van der Waals surface area contributed by atoms with Gasteiger partial charge in [0.1, 0.15) is 0 Å². The van der Waals surface area contributed by atoms with Crippen LogP contribution in [0.3, 0.4) is 0 Å². The smallest absolute Gasteiger partial charge is 0.329 e. The van der Waals surface area contributed by atoms with Crippen molar-refractivity contribution in [2.45, 2.75) is 0 Å². The van der Waals surface area contributed by atoms with Crippen LogP contribution in [0.15, 0.2) is 12.3 Å². The molecular weight excluding hydrogens is 200 g/mol. The zero-order valence-electron chi connectivity index (χ0n) is 8.11. The van der Waals surface area contributed by atoms with E-state index in [1.165, 1.54) is 17.7 Å². The topological polar surface area (TPSA) is 52.6 Å². The molecule has 4 nitrogen and oxygen atoms in total. The monoisotopic (exact) mass is 216 g/mol. The second-order valence-electron chi connectivity index (χ2n) is 3.08. The minimum atomic E-state index is -0.910. The molecule has 0 atom stereocenters. The Kier molecular flexibility index (Phi) is 5.47. The minimum absolute atomic E-state index is 0.814. The summed E-state index contributed by atoms with van der Waals surface area (Å²) in [5.74, 6) is 1.52. The van der Waals surface area contributed by atoms with E-state index in [1.54, 1.807) is 0 Å². The first-order chi connectivity index (χ1) is 6.79. The molecule has 0 aromatic rings. The molecule has 2 N–H and O–H groups in total. The van der Waals surface area contributed by atoms with E-state index in [9.17, 15) is 4.79 Å². The van der Waals surface area contributed by atoms with E-state index in [4.69, 9.17) is 5.11 Å². The van der Waals surface area contributed by atoms with Gasteiger partial charge in [0.05, 0.1) is 0 Å². The summed E-state index contributed by atoms with van der Waals surface area (Å²) >= 11 is 1.99. The first-order valence-electron chi connectivity index (χ1n) is 4.72. The van der Waals surface area contributed by atoms with Gasteiger partial charge in [-0.25, -0.2) is 4.79 Å². The van der Waals surface area contributed by atoms with Crippen LogP contribution in [0.1, 0.15) is 0 Å². The van der Waals surface area contributed by atoms with E-state index in [2.05, 4.69) is 10.2 Å². The summed E-state index contributed by atoms with van der Waals surface area (Å²) in [4.78, 5) is 12.5. The molecular formula is C9H16N2O2S. The number of carboxylic acids is 1. The highest BCUT2D eigenvalue weighted by Crippen LogP contribution is 2.07. The molecule has 5 heteroatoms.